The molecule has 6 atom stereocenters. The zero-order valence-electron chi connectivity index (χ0n) is 19.3. The molecule has 2 aliphatic carbocycles. The predicted octanol–water partition coefficient (Wildman–Crippen LogP) is 4.69. The molecule has 1 saturated carbocycles. The van der Waals surface area contributed by atoms with E-state index in [1.54, 1.807) is 22.3 Å². The highest BCUT2D eigenvalue weighted by molar-refractivity contribution is 7.15. The largest absolute Gasteiger partial charge is 0.392 e. The zero-order chi connectivity index (χ0) is 22.1. The number of likely N-dealkylation sites (N-methyl/N-ethyl adjacent to an activating group) is 1. The van der Waals surface area contributed by atoms with Crippen LogP contribution in [0.2, 0.25) is 0 Å². The van der Waals surface area contributed by atoms with E-state index in [1.807, 2.05) is 14.0 Å². The number of amides is 1. The van der Waals surface area contributed by atoms with Gasteiger partial charge in [0.2, 0.25) is 5.91 Å². The van der Waals surface area contributed by atoms with Crippen LogP contribution in [0.25, 0.3) is 0 Å². The van der Waals surface area contributed by atoms with E-state index in [1.165, 1.54) is 11.3 Å². The zero-order valence-corrected chi connectivity index (χ0v) is 20.1. The quantitative estimate of drug-likeness (QED) is 0.461. The van der Waals surface area contributed by atoms with Gasteiger partial charge in [0.25, 0.3) is 0 Å². The summed E-state index contributed by atoms with van der Waals surface area (Å²) in [6, 6.07) is 0. The molecule has 2 N–H and O–H groups in total. The van der Waals surface area contributed by atoms with Crippen LogP contribution < -0.4 is 5.32 Å². The van der Waals surface area contributed by atoms with E-state index >= 15 is 0 Å². The lowest BCUT2D eigenvalue weighted by Gasteiger charge is -2.53. The topological polar surface area (TPSA) is 65.5 Å². The maximum absolute atomic E-state index is 12.9. The first-order valence-corrected chi connectivity index (χ1v) is 12.3. The fourth-order valence-electron chi connectivity index (χ4n) is 5.81. The highest BCUT2D eigenvalue weighted by Crippen LogP contribution is 2.57. The highest BCUT2D eigenvalue weighted by atomic mass is 32.1. The van der Waals surface area contributed by atoms with Crippen molar-refractivity contribution in [1.29, 1.82) is 0 Å². The van der Waals surface area contributed by atoms with Gasteiger partial charge in [-0.2, -0.15) is 0 Å². The summed E-state index contributed by atoms with van der Waals surface area (Å²) in [5, 5.41) is 16.0. The maximum Gasteiger partial charge on any atom is 0.225 e. The number of nitrogens with zero attached hydrogens (tertiary/aromatic N) is 2. The number of fused-ring (bicyclic) bond motifs is 2. The molecular weight excluding hydrogens is 394 g/mol. The number of nitrogens with one attached hydrogen (secondary N) is 1. The van der Waals surface area contributed by atoms with Crippen LogP contribution >= 0.6 is 11.3 Å². The van der Waals surface area contributed by atoms with E-state index in [0.29, 0.717) is 6.54 Å². The molecule has 6 unspecified atom stereocenters. The first kappa shape index (κ1) is 23.3. The minimum atomic E-state index is -0.485. The van der Waals surface area contributed by atoms with Crippen molar-refractivity contribution in [3.8, 4) is 0 Å². The summed E-state index contributed by atoms with van der Waals surface area (Å²) in [4.78, 5) is 20.9. The fraction of sp³-hybridized carbons (Fsp3) is 0.750. The average Bonchev–Trinajstić information content (AvgIpc) is 3.09. The Morgan fingerprint density at radius 1 is 1.53 bits per heavy atom. The molecule has 168 valence electrons. The van der Waals surface area contributed by atoms with Gasteiger partial charge >= 0.3 is 0 Å². The Kier molecular flexibility index (Phi) is 7.28. The van der Waals surface area contributed by atoms with Gasteiger partial charge in [-0.25, -0.2) is 4.98 Å². The molecule has 5 nitrogen and oxygen atoms in total. The second kappa shape index (κ2) is 9.39. The average molecular weight is 434 g/mol. The summed E-state index contributed by atoms with van der Waals surface area (Å²) < 4.78 is 0. The lowest BCUT2D eigenvalue weighted by Crippen LogP contribution is -2.53. The molecule has 0 aliphatic heterocycles. The molecule has 2 aliphatic rings. The van der Waals surface area contributed by atoms with Crippen LogP contribution in [0.4, 0.5) is 5.13 Å². The fourth-order valence-corrected chi connectivity index (χ4v) is 7.10. The third-order valence-corrected chi connectivity index (χ3v) is 8.57. The normalized spacial score (nSPS) is 31.4. The van der Waals surface area contributed by atoms with Crippen molar-refractivity contribution in [3.63, 3.8) is 0 Å². The van der Waals surface area contributed by atoms with Crippen molar-refractivity contribution >= 4 is 22.4 Å². The Labute approximate surface area is 186 Å². The van der Waals surface area contributed by atoms with Gasteiger partial charge in [-0.05, 0) is 42.9 Å². The van der Waals surface area contributed by atoms with Gasteiger partial charge in [-0.15, -0.1) is 17.9 Å². The second-order valence-electron chi connectivity index (χ2n) is 9.74. The minimum Gasteiger partial charge on any atom is -0.392 e. The SMILES string of the molecule is C=CCN(C)C(=O)C(C)C1CCC2(C)Cc3sc(NCCCC)nc3C(C)C2C1O. The van der Waals surface area contributed by atoms with Crippen molar-refractivity contribution in [2.45, 2.75) is 71.8 Å². The molecule has 0 aromatic carbocycles. The summed E-state index contributed by atoms with van der Waals surface area (Å²) in [5.74, 6) is 0.234. The van der Waals surface area contributed by atoms with Gasteiger partial charge in [0.15, 0.2) is 5.13 Å². The monoisotopic (exact) mass is 433 g/mol. The third-order valence-electron chi connectivity index (χ3n) is 7.54. The summed E-state index contributed by atoms with van der Waals surface area (Å²) in [6.07, 6.45) is 6.49. The molecule has 1 heterocycles. The Balaban J connectivity index is 1.80. The number of unbranched alkanes of at least 4 members (excludes halogenated alkanes) is 1. The molecule has 1 aromatic heterocycles. The Bertz CT molecular complexity index is 764. The number of thiazole rings is 1. The number of carbonyl (C=O) groups excluding carboxylic acids is 1. The number of hydrogen-bond donors (Lipinski definition) is 2. The first-order chi connectivity index (χ1) is 14.2. The second-order valence-corrected chi connectivity index (χ2v) is 10.8. The molecular formula is C24H39N3O2S. The standard InChI is InChI=1S/C24H39N3O2S/c1-7-9-12-25-23-26-20-16(4)19-21(28)17(15(3)22(29)27(6)13-8-2)10-11-24(19,5)14-18(20)30-23/h8,15-17,19,21,28H,2,7,9-14H2,1,3-6H3,(H,25,26). The van der Waals surface area contributed by atoms with E-state index < -0.39 is 6.10 Å². The van der Waals surface area contributed by atoms with Gasteiger partial charge in [-0.1, -0.05) is 40.2 Å². The van der Waals surface area contributed by atoms with E-state index in [9.17, 15) is 9.90 Å². The molecule has 6 heteroatoms. The van der Waals surface area contributed by atoms with Crippen molar-refractivity contribution in [2.24, 2.45) is 23.2 Å². The summed E-state index contributed by atoms with van der Waals surface area (Å²) >= 11 is 1.79. The summed E-state index contributed by atoms with van der Waals surface area (Å²) in [6.45, 7) is 14.0. The van der Waals surface area contributed by atoms with Crippen LogP contribution in [0.1, 0.15) is 69.9 Å². The van der Waals surface area contributed by atoms with Crippen LogP contribution in [0, 0.1) is 23.2 Å². The molecule has 0 saturated heterocycles. The van der Waals surface area contributed by atoms with Crippen LogP contribution in [0.15, 0.2) is 12.7 Å². The summed E-state index contributed by atoms with van der Waals surface area (Å²) in [7, 11) is 1.82. The summed E-state index contributed by atoms with van der Waals surface area (Å²) in [5.41, 5.74) is 1.22. The molecule has 1 fully saturated rings. The van der Waals surface area contributed by atoms with E-state index in [0.717, 1.165) is 43.1 Å². The molecule has 30 heavy (non-hydrogen) atoms. The Hall–Kier alpha value is -1.40. The Morgan fingerprint density at radius 3 is 2.93 bits per heavy atom. The van der Waals surface area contributed by atoms with Gasteiger partial charge in [0, 0.05) is 36.9 Å². The molecule has 1 aromatic rings. The van der Waals surface area contributed by atoms with Gasteiger partial charge in [0.1, 0.15) is 0 Å². The van der Waals surface area contributed by atoms with Gasteiger partial charge in [0.05, 0.1) is 11.8 Å². The van der Waals surface area contributed by atoms with E-state index in [2.05, 4.69) is 32.7 Å². The predicted molar refractivity (Wildman–Crippen MR) is 125 cm³/mol. The molecule has 0 spiro atoms. The lowest BCUT2D eigenvalue weighted by atomic mass is 9.53. The molecule has 1 amide bonds. The van der Waals surface area contributed by atoms with Crippen molar-refractivity contribution in [2.75, 3.05) is 25.5 Å². The van der Waals surface area contributed by atoms with Crippen LogP contribution in [-0.2, 0) is 11.2 Å². The Morgan fingerprint density at radius 2 is 2.27 bits per heavy atom. The molecule has 3 rings (SSSR count). The van der Waals surface area contributed by atoms with E-state index in [-0.39, 0.29) is 35.0 Å². The number of aliphatic hydroxyl groups excluding tert-OH is 1. The van der Waals surface area contributed by atoms with E-state index in [4.69, 9.17) is 4.98 Å². The lowest BCUT2D eigenvalue weighted by molar-refractivity contribution is -0.143. The number of aliphatic hydroxyl groups is 1. The number of rotatable bonds is 8. The van der Waals surface area contributed by atoms with Crippen LogP contribution in [0.3, 0.4) is 0 Å². The number of hydrogen-bond acceptors (Lipinski definition) is 5. The number of anilines is 1. The van der Waals surface area contributed by atoms with Crippen molar-refractivity contribution in [1.82, 2.24) is 9.88 Å². The third kappa shape index (κ3) is 4.31. The molecule has 0 bridgehead atoms. The van der Waals surface area contributed by atoms with Crippen molar-refractivity contribution < 1.29 is 9.90 Å². The highest BCUT2D eigenvalue weighted by Gasteiger charge is 2.54. The van der Waals surface area contributed by atoms with Crippen LogP contribution in [0.5, 0.6) is 0 Å². The maximum atomic E-state index is 12.9. The van der Waals surface area contributed by atoms with Crippen LogP contribution in [-0.4, -0.2) is 47.1 Å². The smallest absolute Gasteiger partial charge is 0.225 e. The van der Waals surface area contributed by atoms with Gasteiger partial charge < -0.3 is 15.3 Å². The van der Waals surface area contributed by atoms with Gasteiger partial charge in [-0.3, -0.25) is 4.79 Å². The van der Waals surface area contributed by atoms with Crippen molar-refractivity contribution in [3.05, 3.63) is 23.2 Å². The first-order valence-electron chi connectivity index (χ1n) is 11.5. The number of aromatic nitrogens is 1. The minimum absolute atomic E-state index is 0.00683. The number of carbonyl (C=O) groups is 1. The molecule has 0 radical (unpaired) electrons.